The lowest BCUT2D eigenvalue weighted by atomic mass is 9.86. The maximum atomic E-state index is 12.6. The summed E-state index contributed by atoms with van der Waals surface area (Å²) in [5.41, 5.74) is 11.2. The highest BCUT2D eigenvalue weighted by Crippen LogP contribution is 2.20. The zero-order valence-electron chi connectivity index (χ0n) is 16.7. The summed E-state index contributed by atoms with van der Waals surface area (Å²) >= 11 is 0. The summed E-state index contributed by atoms with van der Waals surface area (Å²) in [7, 11) is 0. The van der Waals surface area contributed by atoms with Crippen molar-refractivity contribution in [2.75, 3.05) is 13.1 Å². The number of amides is 1. The number of ketones is 2. The van der Waals surface area contributed by atoms with Gasteiger partial charge >= 0.3 is 0 Å². The Labute approximate surface area is 157 Å². The zero-order valence-corrected chi connectivity index (χ0v) is 16.7. The van der Waals surface area contributed by atoms with E-state index in [2.05, 4.69) is 12.2 Å². The Hall–Kier alpha value is -1.31. The third-order valence-corrected chi connectivity index (χ3v) is 4.68. The van der Waals surface area contributed by atoms with Crippen molar-refractivity contribution in [3.8, 4) is 0 Å². The Kier molecular flexibility index (Phi) is 12.3. The van der Waals surface area contributed by atoms with Gasteiger partial charge in [-0.25, -0.2) is 0 Å². The van der Waals surface area contributed by atoms with Gasteiger partial charge in [-0.3, -0.25) is 14.4 Å². The summed E-state index contributed by atoms with van der Waals surface area (Å²) in [6.45, 7) is 7.38. The van der Waals surface area contributed by atoms with Gasteiger partial charge in [0.1, 0.15) is 5.78 Å². The maximum Gasteiger partial charge on any atom is 0.226 e. The van der Waals surface area contributed by atoms with Crippen LogP contribution in [-0.2, 0) is 14.4 Å². The number of carbonyl (C=O) groups excluding carboxylic acids is 3. The van der Waals surface area contributed by atoms with Gasteiger partial charge in [0.15, 0.2) is 5.78 Å². The standard InChI is InChI=1S/C19H37N3O4/c1-5-6-7-14(8-9-20)17(24)10-15(13(4)23)19(26)22-16(11-21)18(25)12(2)3/h12-16,23H,5-11,20-21H2,1-4H3,(H,22,26)/t13?,14?,15-,16-/m0/s1. The van der Waals surface area contributed by atoms with Crippen LogP contribution in [0.1, 0.15) is 59.8 Å². The Morgan fingerprint density at radius 2 is 1.69 bits per heavy atom. The van der Waals surface area contributed by atoms with E-state index in [0.29, 0.717) is 13.0 Å². The molecule has 0 saturated carbocycles. The van der Waals surface area contributed by atoms with Crippen LogP contribution in [0.4, 0.5) is 0 Å². The summed E-state index contributed by atoms with van der Waals surface area (Å²) in [4.78, 5) is 37.3. The molecule has 0 radical (unpaired) electrons. The van der Waals surface area contributed by atoms with E-state index < -0.39 is 24.0 Å². The molecule has 0 fully saturated rings. The maximum absolute atomic E-state index is 12.6. The SMILES string of the molecule is CCCCC(CCN)C(=O)C[C@H](C(=O)N[C@@H](CN)C(=O)C(C)C)C(C)O. The van der Waals surface area contributed by atoms with Gasteiger partial charge in [0, 0.05) is 24.8 Å². The summed E-state index contributed by atoms with van der Waals surface area (Å²) in [6.07, 6.45) is 2.13. The summed E-state index contributed by atoms with van der Waals surface area (Å²) in [6, 6.07) is -0.807. The second-order valence-electron chi connectivity index (χ2n) is 7.29. The van der Waals surface area contributed by atoms with E-state index in [9.17, 15) is 19.5 Å². The third-order valence-electron chi connectivity index (χ3n) is 4.68. The summed E-state index contributed by atoms with van der Waals surface area (Å²) < 4.78 is 0. The average Bonchev–Trinajstić information content (AvgIpc) is 2.59. The summed E-state index contributed by atoms with van der Waals surface area (Å²) in [5.74, 6) is -2.11. The van der Waals surface area contributed by atoms with Crippen molar-refractivity contribution in [3.05, 3.63) is 0 Å². The van der Waals surface area contributed by atoms with Gasteiger partial charge in [-0.1, -0.05) is 33.6 Å². The van der Waals surface area contributed by atoms with Gasteiger partial charge in [-0.2, -0.15) is 0 Å². The number of carbonyl (C=O) groups is 3. The first-order valence-electron chi connectivity index (χ1n) is 9.64. The molecule has 0 aliphatic heterocycles. The molecule has 7 heteroatoms. The van der Waals surface area contributed by atoms with E-state index in [-0.39, 0.29) is 36.4 Å². The first-order chi connectivity index (χ1) is 12.2. The molecular weight excluding hydrogens is 334 g/mol. The fourth-order valence-electron chi connectivity index (χ4n) is 2.91. The minimum absolute atomic E-state index is 0.0183. The monoisotopic (exact) mass is 371 g/mol. The molecule has 0 aromatic rings. The van der Waals surface area contributed by atoms with Gasteiger partial charge in [-0.15, -0.1) is 0 Å². The molecule has 0 saturated heterocycles. The molecule has 0 aliphatic rings. The zero-order chi connectivity index (χ0) is 20.3. The molecule has 0 aromatic heterocycles. The molecule has 7 nitrogen and oxygen atoms in total. The molecule has 0 spiro atoms. The first-order valence-corrected chi connectivity index (χ1v) is 9.64. The Bertz CT molecular complexity index is 452. The molecule has 1 amide bonds. The Morgan fingerprint density at radius 1 is 1.08 bits per heavy atom. The number of unbranched alkanes of at least 4 members (excludes halogenated alkanes) is 1. The van der Waals surface area contributed by atoms with Gasteiger partial charge in [0.2, 0.25) is 5.91 Å². The van der Waals surface area contributed by atoms with Gasteiger partial charge < -0.3 is 21.9 Å². The summed E-state index contributed by atoms with van der Waals surface area (Å²) in [5, 5.41) is 12.6. The molecule has 26 heavy (non-hydrogen) atoms. The normalized spacial score (nSPS) is 16.0. The van der Waals surface area contributed by atoms with Crippen LogP contribution >= 0.6 is 0 Å². The fourth-order valence-corrected chi connectivity index (χ4v) is 2.91. The lowest BCUT2D eigenvalue weighted by Crippen LogP contribution is -2.51. The number of aliphatic hydroxyl groups is 1. The number of hydrogen-bond donors (Lipinski definition) is 4. The van der Waals surface area contributed by atoms with Crippen molar-refractivity contribution in [3.63, 3.8) is 0 Å². The first kappa shape index (κ1) is 24.7. The van der Waals surface area contributed by atoms with Gasteiger partial charge in [0.25, 0.3) is 0 Å². The smallest absolute Gasteiger partial charge is 0.226 e. The molecule has 0 aliphatic carbocycles. The van der Waals surface area contributed by atoms with Crippen molar-refractivity contribution in [1.29, 1.82) is 0 Å². The van der Waals surface area contributed by atoms with Gasteiger partial charge in [-0.05, 0) is 26.3 Å². The number of nitrogens with two attached hydrogens (primary N) is 2. The van der Waals surface area contributed by atoms with Crippen LogP contribution in [-0.4, -0.2) is 47.8 Å². The molecule has 0 heterocycles. The molecule has 2 unspecified atom stereocenters. The molecule has 0 bridgehead atoms. The van der Waals surface area contributed by atoms with E-state index in [4.69, 9.17) is 11.5 Å². The van der Waals surface area contributed by atoms with Gasteiger partial charge in [0.05, 0.1) is 18.1 Å². The highest BCUT2D eigenvalue weighted by Gasteiger charge is 2.32. The van der Waals surface area contributed by atoms with E-state index in [1.54, 1.807) is 13.8 Å². The second-order valence-corrected chi connectivity index (χ2v) is 7.29. The number of nitrogens with one attached hydrogen (secondary N) is 1. The predicted molar refractivity (Wildman–Crippen MR) is 102 cm³/mol. The molecule has 152 valence electrons. The van der Waals surface area contributed by atoms with Crippen LogP contribution < -0.4 is 16.8 Å². The van der Waals surface area contributed by atoms with Crippen LogP contribution in [0.5, 0.6) is 0 Å². The molecule has 0 rings (SSSR count). The average molecular weight is 372 g/mol. The minimum atomic E-state index is -1.00. The molecule has 6 N–H and O–H groups in total. The van der Waals surface area contributed by atoms with Crippen LogP contribution in [0.2, 0.25) is 0 Å². The van der Waals surface area contributed by atoms with Crippen molar-refractivity contribution < 1.29 is 19.5 Å². The molecule has 0 aromatic carbocycles. The highest BCUT2D eigenvalue weighted by atomic mass is 16.3. The lowest BCUT2D eigenvalue weighted by molar-refractivity contribution is -0.136. The van der Waals surface area contributed by atoms with Crippen LogP contribution in [0.15, 0.2) is 0 Å². The largest absolute Gasteiger partial charge is 0.393 e. The minimum Gasteiger partial charge on any atom is -0.393 e. The van der Waals surface area contributed by atoms with Crippen molar-refractivity contribution in [2.24, 2.45) is 29.2 Å². The number of hydrogen-bond acceptors (Lipinski definition) is 6. The second kappa shape index (κ2) is 12.9. The van der Waals surface area contributed by atoms with E-state index in [0.717, 1.165) is 19.3 Å². The quantitative estimate of drug-likeness (QED) is 0.356. The number of rotatable bonds is 14. The van der Waals surface area contributed by atoms with Crippen LogP contribution in [0.3, 0.4) is 0 Å². The lowest BCUT2D eigenvalue weighted by Gasteiger charge is -2.25. The van der Waals surface area contributed by atoms with Crippen molar-refractivity contribution in [1.82, 2.24) is 5.32 Å². The third kappa shape index (κ3) is 8.38. The number of aliphatic hydroxyl groups excluding tert-OH is 1. The predicted octanol–water partition coefficient (Wildman–Crippen LogP) is 0.766. The van der Waals surface area contributed by atoms with E-state index in [1.807, 2.05) is 0 Å². The Morgan fingerprint density at radius 3 is 2.12 bits per heavy atom. The van der Waals surface area contributed by atoms with Crippen LogP contribution in [0.25, 0.3) is 0 Å². The van der Waals surface area contributed by atoms with Crippen molar-refractivity contribution in [2.45, 2.75) is 71.9 Å². The number of Topliss-reactive ketones (excluding diaryl/α,β-unsaturated/α-hetero) is 2. The molecular formula is C19H37N3O4. The fraction of sp³-hybridized carbons (Fsp3) is 0.842. The van der Waals surface area contributed by atoms with Crippen molar-refractivity contribution >= 4 is 17.5 Å². The van der Waals surface area contributed by atoms with E-state index in [1.165, 1.54) is 6.92 Å². The Balaban J connectivity index is 5.06. The van der Waals surface area contributed by atoms with Crippen LogP contribution in [0, 0.1) is 17.8 Å². The topological polar surface area (TPSA) is 136 Å². The highest BCUT2D eigenvalue weighted by molar-refractivity contribution is 5.93. The molecule has 4 atom stereocenters. The van der Waals surface area contributed by atoms with E-state index >= 15 is 0 Å².